The molecule has 2 unspecified atom stereocenters. The van der Waals surface area contributed by atoms with E-state index in [1.54, 1.807) is 24.3 Å². The molecule has 0 radical (unpaired) electrons. The highest BCUT2D eigenvalue weighted by atomic mass is 32.2. The Kier molecular flexibility index (Phi) is 4.10. The van der Waals surface area contributed by atoms with Gasteiger partial charge >= 0.3 is 0 Å². The Morgan fingerprint density at radius 2 is 2.00 bits per heavy atom. The molecule has 2 atom stereocenters. The second kappa shape index (κ2) is 5.12. The molecular weight excluding hydrogens is 198 g/mol. The molecular formula is C10H15NO2S. The normalized spacial score (nSPS) is 15.0. The molecule has 0 saturated carbocycles. The average Bonchev–Trinajstić information content (AvgIpc) is 2.07. The lowest BCUT2D eigenvalue weighted by atomic mass is 10.2. The van der Waals surface area contributed by atoms with E-state index in [2.05, 4.69) is 0 Å². The van der Waals surface area contributed by atoms with Crippen molar-refractivity contribution in [3.05, 3.63) is 29.8 Å². The zero-order valence-corrected chi connectivity index (χ0v) is 8.96. The minimum atomic E-state index is -0.914. The molecule has 0 spiro atoms. The van der Waals surface area contributed by atoms with Crippen LogP contribution in [0.5, 0.6) is 5.75 Å². The van der Waals surface area contributed by atoms with E-state index in [4.69, 9.17) is 10.8 Å². The van der Waals surface area contributed by atoms with Gasteiger partial charge in [-0.2, -0.15) is 0 Å². The number of hydrogen-bond donors (Lipinski definition) is 2. The van der Waals surface area contributed by atoms with Gasteiger partial charge in [0.25, 0.3) is 0 Å². The van der Waals surface area contributed by atoms with Gasteiger partial charge in [-0.1, -0.05) is 12.1 Å². The van der Waals surface area contributed by atoms with Crippen LogP contribution >= 0.6 is 0 Å². The van der Waals surface area contributed by atoms with Crippen LogP contribution in [0.1, 0.15) is 12.5 Å². The van der Waals surface area contributed by atoms with Crippen LogP contribution in [-0.2, 0) is 16.6 Å². The third-order valence-electron chi connectivity index (χ3n) is 1.71. The van der Waals surface area contributed by atoms with Crippen molar-refractivity contribution >= 4 is 10.8 Å². The Bertz CT molecular complexity index is 308. The van der Waals surface area contributed by atoms with E-state index >= 15 is 0 Å². The number of aromatic hydroxyl groups is 1. The summed E-state index contributed by atoms with van der Waals surface area (Å²) in [6, 6.07) is 6.70. The van der Waals surface area contributed by atoms with Crippen LogP contribution in [0.4, 0.5) is 0 Å². The SMILES string of the molecule is CC(N)CS(=O)Cc1ccc(O)cc1. The molecule has 14 heavy (non-hydrogen) atoms. The number of phenolic OH excluding ortho intramolecular Hbond substituents is 1. The van der Waals surface area contributed by atoms with Crippen molar-refractivity contribution in [2.45, 2.75) is 18.7 Å². The van der Waals surface area contributed by atoms with E-state index in [-0.39, 0.29) is 11.8 Å². The van der Waals surface area contributed by atoms with E-state index in [0.29, 0.717) is 11.5 Å². The van der Waals surface area contributed by atoms with Crippen molar-refractivity contribution in [3.63, 3.8) is 0 Å². The lowest BCUT2D eigenvalue weighted by molar-refractivity contribution is 0.475. The van der Waals surface area contributed by atoms with Crippen molar-refractivity contribution in [1.29, 1.82) is 0 Å². The maximum Gasteiger partial charge on any atom is 0.115 e. The van der Waals surface area contributed by atoms with Gasteiger partial charge in [0.2, 0.25) is 0 Å². The molecule has 0 aliphatic carbocycles. The van der Waals surface area contributed by atoms with Crippen LogP contribution in [0.2, 0.25) is 0 Å². The Labute approximate surface area is 86.4 Å². The van der Waals surface area contributed by atoms with Gasteiger partial charge < -0.3 is 10.8 Å². The number of benzene rings is 1. The Morgan fingerprint density at radius 3 is 2.50 bits per heavy atom. The van der Waals surface area contributed by atoms with E-state index in [9.17, 15) is 4.21 Å². The first kappa shape index (κ1) is 11.2. The molecule has 0 aliphatic heterocycles. The van der Waals surface area contributed by atoms with Crippen molar-refractivity contribution < 1.29 is 9.32 Å². The van der Waals surface area contributed by atoms with Crippen molar-refractivity contribution in [2.24, 2.45) is 5.73 Å². The summed E-state index contributed by atoms with van der Waals surface area (Å²) in [4.78, 5) is 0. The molecule has 0 amide bonds. The Hall–Kier alpha value is -0.870. The van der Waals surface area contributed by atoms with E-state index in [1.165, 1.54) is 0 Å². The molecule has 0 aliphatic rings. The predicted molar refractivity (Wildman–Crippen MR) is 58.5 cm³/mol. The predicted octanol–water partition coefficient (Wildman–Crippen LogP) is 0.988. The summed E-state index contributed by atoms with van der Waals surface area (Å²) in [5.74, 6) is 1.25. The second-order valence-corrected chi connectivity index (χ2v) is 4.90. The lowest BCUT2D eigenvalue weighted by Crippen LogP contribution is -2.23. The Morgan fingerprint density at radius 1 is 1.43 bits per heavy atom. The van der Waals surface area contributed by atoms with E-state index in [0.717, 1.165) is 5.56 Å². The van der Waals surface area contributed by atoms with Crippen LogP contribution in [0, 0.1) is 0 Å². The molecule has 0 bridgehead atoms. The summed E-state index contributed by atoms with van der Waals surface area (Å²) >= 11 is 0. The minimum Gasteiger partial charge on any atom is -0.508 e. The number of rotatable bonds is 4. The zero-order chi connectivity index (χ0) is 10.6. The van der Waals surface area contributed by atoms with Crippen LogP contribution in [0.25, 0.3) is 0 Å². The van der Waals surface area contributed by atoms with Gasteiger partial charge in [-0.3, -0.25) is 4.21 Å². The summed E-state index contributed by atoms with van der Waals surface area (Å²) in [7, 11) is -0.914. The highest BCUT2D eigenvalue weighted by molar-refractivity contribution is 7.84. The molecule has 3 N–H and O–H groups in total. The van der Waals surface area contributed by atoms with Gasteiger partial charge in [-0.15, -0.1) is 0 Å². The fraction of sp³-hybridized carbons (Fsp3) is 0.400. The van der Waals surface area contributed by atoms with Crippen LogP contribution in [-0.4, -0.2) is 21.1 Å². The van der Waals surface area contributed by atoms with Gasteiger partial charge in [0.05, 0.1) is 0 Å². The van der Waals surface area contributed by atoms with E-state index < -0.39 is 10.8 Å². The highest BCUT2D eigenvalue weighted by Crippen LogP contribution is 2.11. The molecule has 4 heteroatoms. The fourth-order valence-electron chi connectivity index (χ4n) is 1.13. The van der Waals surface area contributed by atoms with Crippen LogP contribution < -0.4 is 5.73 Å². The Balaban J connectivity index is 2.52. The van der Waals surface area contributed by atoms with Crippen LogP contribution in [0.15, 0.2) is 24.3 Å². The number of phenols is 1. The van der Waals surface area contributed by atoms with Gasteiger partial charge in [0.1, 0.15) is 5.75 Å². The topological polar surface area (TPSA) is 63.3 Å². The quantitative estimate of drug-likeness (QED) is 0.784. The van der Waals surface area contributed by atoms with Crippen molar-refractivity contribution in [2.75, 3.05) is 5.75 Å². The molecule has 78 valence electrons. The van der Waals surface area contributed by atoms with Crippen molar-refractivity contribution in [1.82, 2.24) is 0 Å². The molecule has 0 aromatic heterocycles. The van der Waals surface area contributed by atoms with Crippen LogP contribution in [0.3, 0.4) is 0 Å². The molecule has 0 fully saturated rings. The summed E-state index contributed by atoms with van der Waals surface area (Å²) in [5, 5.41) is 9.04. The average molecular weight is 213 g/mol. The van der Waals surface area contributed by atoms with Gasteiger partial charge in [-0.05, 0) is 24.6 Å². The molecule has 1 aromatic rings. The summed E-state index contributed by atoms with van der Waals surface area (Å²) in [6.07, 6.45) is 0. The monoisotopic (exact) mass is 213 g/mol. The third kappa shape index (κ3) is 3.89. The smallest absolute Gasteiger partial charge is 0.115 e. The number of nitrogens with two attached hydrogens (primary N) is 1. The lowest BCUT2D eigenvalue weighted by Gasteiger charge is -2.05. The standard InChI is InChI=1S/C10H15NO2S/c1-8(11)6-14(13)7-9-2-4-10(12)5-3-9/h2-5,8,12H,6-7,11H2,1H3. The second-order valence-electron chi connectivity index (χ2n) is 3.39. The summed E-state index contributed by atoms with van der Waals surface area (Å²) in [5.41, 5.74) is 6.50. The zero-order valence-electron chi connectivity index (χ0n) is 8.14. The maximum atomic E-state index is 11.5. The summed E-state index contributed by atoms with van der Waals surface area (Å²) in [6.45, 7) is 1.84. The first-order chi connectivity index (χ1) is 6.58. The molecule has 3 nitrogen and oxygen atoms in total. The first-order valence-corrected chi connectivity index (χ1v) is 5.95. The summed E-state index contributed by atoms with van der Waals surface area (Å²) < 4.78 is 11.5. The molecule has 1 aromatic carbocycles. The maximum absolute atomic E-state index is 11.5. The minimum absolute atomic E-state index is 0.0343. The highest BCUT2D eigenvalue weighted by Gasteiger charge is 2.04. The molecule has 1 rings (SSSR count). The van der Waals surface area contributed by atoms with Gasteiger partial charge in [-0.25, -0.2) is 0 Å². The van der Waals surface area contributed by atoms with Gasteiger partial charge in [0.15, 0.2) is 0 Å². The van der Waals surface area contributed by atoms with E-state index in [1.807, 2.05) is 6.92 Å². The third-order valence-corrected chi connectivity index (χ3v) is 3.27. The van der Waals surface area contributed by atoms with Gasteiger partial charge in [0, 0.05) is 28.3 Å². The number of hydrogen-bond acceptors (Lipinski definition) is 3. The largest absolute Gasteiger partial charge is 0.508 e. The van der Waals surface area contributed by atoms with Crippen molar-refractivity contribution in [3.8, 4) is 5.75 Å². The molecule has 0 saturated heterocycles. The first-order valence-electron chi connectivity index (χ1n) is 4.46. The fourth-order valence-corrected chi connectivity index (χ4v) is 2.40. The molecule has 0 heterocycles.